The summed E-state index contributed by atoms with van der Waals surface area (Å²) < 4.78 is 18.9. The van der Waals surface area contributed by atoms with Gasteiger partial charge in [-0.3, -0.25) is 4.79 Å². The van der Waals surface area contributed by atoms with E-state index in [1.807, 2.05) is 48.5 Å². The smallest absolute Gasteiger partial charge is 0.297 e. The highest BCUT2D eigenvalue weighted by molar-refractivity contribution is 5.89. The summed E-state index contributed by atoms with van der Waals surface area (Å²) in [7, 11) is 3.16. The van der Waals surface area contributed by atoms with E-state index in [2.05, 4.69) is 6.92 Å². The molecule has 0 saturated heterocycles. The number of hydrogen-bond donors (Lipinski definition) is 0. The SMILES string of the molecule is CCCCCCCCn1c(=O)c(OC)c(OCc2ccccc2)c2ccc(OC)cc21. The number of fused-ring (bicyclic) bond motifs is 1. The Hall–Kier alpha value is -2.95. The zero-order chi connectivity index (χ0) is 22.1. The van der Waals surface area contributed by atoms with Crippen molar-refractivity contribution in [2.24, 2.45) is 0 Å². The van der Waals surface area contributed by atoms with Gasteiger partial charge in [0.15, 0.2) is 5.75 Å². The Morgan fingerprint density at radius 1 is 0.839 bits per heavy atom. The highest BCUT2D eigenvalue weighted by atomic mass is 16.5. The average Bonchev–Trinajstić information content (AvgIpc) is 2.81. The largest absolute Gasteiger partial charge is 0.497 e. The van der Waals surface area contributed by atoms with Crippen molar-refractivity contribution in [2.45, 2.75) is 58.6 Å². The number of methoxy groups -OCH3 is 2. The van der Waals surface area contributed by atoms with Crippen molar-refractivity contribution in [1.82, 2.24) is 4.57 Å². The minimum absolute atomic E-state index is 0.167. The lowest BCUT2D eigenvalue weighted by Gasteiger charge is -2.18. The maximum absolute atomic E-state index is 13.3. The molecule has 1 aromatic heterocycles. The van der Waals surface area contributed by atoms with Gasteiger partial charge in [0.25, 0.3) is 5.56 Å². The minimum atomic E-state index is -0.167. The van der Waals surface area contributed by atoms with Crippen molar-refractivity contribution in [3.8, 4) is 17.2 Å². The first-order chi connectivity index (χ1) is 15.2. The molecule has 0 aliphatic heterocycles. The summed E-state index contributed by atoms with van der Waals surface area (Å²) >= 11 is 0. The molecule has 0 spiro atoms. The third-order valence-electron chi connectivity index (χ3n) is 5.55. The van der Waals surface area contributed by atoms with Crippen molar-refractivity contribution in [3.63, 3.8) is 0 Å². The summed E-state index contributed by atoms with van der Waals surface area (Å²) in [5.74, 6) is 1.44. The summed E-state index contributed by atoms with van der Waals surface area (Å²) in [6.45, 7) is 3.22. The van der Waals surface area contributed by atoms with Gasteiger partial charge in [-0.25, -0.2) is 0 Å². The molecule has 0 atom stereocenters. The molecule has 0 amide bonds. The first kappa shape index (κ1) is 22.7. The van der Waals surface area contributed by atoms with Gasteiger partial charge in [0, 0.05) is 18.0 Å². The Labute approximate surface area is 184 Å². The third-order valence-corrected chi connectivity index (χ3v) is 5.55. The van der Waals surface area contributed by atoms with Gasteiger partial charge in [-0.15, -0.1) is 0 Å². The Morgan fingerprint density at radius 3 is 2.29 bits per heavy atom. The molecule has 166 valence electrons. The molecule has 31 heavy (non-hydrogen) atoms. The topological polar surface area (TPSA) is 49.7 Å². The van der Waals surface area contributed by atoms with Crippen LogP contribution in [0.4, 0.5) is 0 Å². The fourth-order valence-electron chi connectivity index (χ4n) is 3.83. The fourth-order valence-corrected chi connectivity index (χ4v) is 3.83. The van der Waals surface area contributed by atoms with Crippen LogP contribution in [0.3, 0.4) is 0 Å². The molecule has 5 heteroatoms. The van der Waals surface area contributed by atoms with Gasteiger partial charge in [-0.05, 0) is 24.1 Å². The number of hydrogen-bond acceptors (Lipinski definition) is 4. The van der Waals surface area contributed by atoms with Gasteiger partial charge in [-0.2, -0.15) is 0 Å². The number of nitrogens with zero attached hydrogens (tertiary/aromatic N) is 1. The number of ether oxygens (including phenoxy) is 3. The quantitative estimate of drug-likeness (QED) is 0.337. The molecule has 0 aliphatic rings. The van der Waals surface area contributed by atoms with E-state index in [-0.39, 0.29) is 11.3 Å². The van der Waals surface area contributed by atoms with Gasteiger partial charge in [0.05, 0.1) is 19.7 Å². The van der Waals surface area contributed by atoms with Crippen molar-refractivity contribution >= 4 is 10.9 Å². The summed E-state index contributed by atoms with van der Waals surface area (Å²) in [6.07, 6.45) is 6.98. The predicted octanol–water partition coefficient (Wildman–Crippen LogP) is 5.96. The average molecular weight is 424 g/mol. The lowest BCUT2D eigenvalue weighted by Crippen LogP contribution is -2.23. The van der Waals surface area contributed by atoms with Crippen LogP contribution in [0.1, 0.15) is 51.0 Å². The van der Waals surface area contributed by atoms with Gasteiger partial charge in [-0.1, -0.05) is 69.4 Å². The second kappa shape index (κ2) is 11.4. The molecule has 0 fully saturated rings. The molecule has 0 radical (unpaired) electrons. The molecule has 5 nitrogen and oxygen atoms in total. The second-order valence-corrected chi connectivity index (χ2v) is 7.74. The molecule has 0 aliphatic carbocycles. The zero-order valence-electron chi connectivity index (χ0n) is 18.9. The number of rotatable bonds is 12. The molecular weight excluding hydrogens is 390 g/mol. The van der Waals surface area contributed by atoms with Crippen molar-refractivity contribution in [1.29, 1.82) is 0 Å². The van der Waals surface area contributed by atoms with Crippen LogP contribution in [0.2, 0.25) is 0 Å². The molecular formula is C26H33NO4. The number of benzene rings is 2. The number of aromatic nitrogens is 1. The lowest BCUT2D eigenvalue weighted by atomic mass is 10.1. The van der Waals surface area contributed by atoms with E-state index in [1.54, 1.807) is 11.7 Å². The van der Waals surface area contributed by atoms with E-state index in [4.69, 9.17) is 14.2 Å². The van der Waals surface area contributed by atoms with Crippen LogP contribution >= 0.6 is 0 Å². The molecule has 0 saturated carbocycles. The van der Waals surface area contributed by atoms with Crippen molar-refractivity contribution in [2.75, 3.05) is 14.2 Å². The summed E-state index contributed by atoms with van der Waals surface area (Å²) in [6, 6.07) is 15.6. The maximum atomic E-state index is 13.3. The summed E-state index contributed by atoms with van der Waals surface area (Å²) in [5.41, 5.74) is 1.67. The van der Waals surface area contributed by atoms with Crippen LogP contribution in [0.5, 0.6) is 17.2 Å². The highest BCUT2D eigenvalue weighted by Gasteiger charge is 2.19. The van der Waals surface area contributed by atoms with E-state index in [1.165, 1.54) is 32.8 Å². The fraction of sp³-hybridized carbons (Fsp3) is 0.423. The van der Waals surface area contributed by atoms with Gasteiger partial charge in [0.1, 0.15) is 12.4 Å². The van der Waals surface area contributed by atoms with Crippen molar-refractivity contribution in [3.05, 3.63) is 64.4 Å². The van der Waals surface area contributed by atoms with E-state index < -0.39 is 0 Å². The molecule has 1 heterocycles. The Balaban J connectivity index is 1.95. The van der Waals surface area contributed by atoms with E-state index >= 15 is 0 Å². The Morgan fingerprint density at radius 2 is 1.58 bits per heavy atom. The second-order valence-electron chi connectivity index (χ2n) is 7.74. The van der Waals surface area contributed by atoms with Crippen LogP contribution in [-0.4, -0.2) is 18.8 Å². The molecule has 3 aromatic rings. The Bertz CT molecular complexity index is 1030. The standard InChI is InChI=1S/C26H33NO4/c1-4-5-6-7-8-12-17-27-23-18-21(29-2)15-16-22(23)24(25(30-3)26(27)28)31-19-20-13-10-9-11-14-20/h9-11,13-16,18H,4-8,12,17,19H2,1-3H3. The van der Waals surface area contributed by atoms with Gasteiger partial charge < -0.3 is 18.8 Å². The monoisotopic (exact) mass is 423 g/mol. The van der Waals surface area contributed by atoms with E-state index in [9.17, 15) is 4.79 Å². The molecule has 0 bridgehead atoms. The first-order valence-electron chi connectivity index (χ1n) is 11.1. The van der Waals surface area contributed by atoms with Crippen LogP contribution in [-0.2, 0) is 13.2 Å². The molecule has 0 N–H and O–H groups in total. The van der Waals surface area contributed by atoms with Crippen LogP contribution in [0.15, 0.2) is 53.3 Å². The maximum Gasteiger partial charge on any atom is 0.297 e. The van der Waals surface area contributed by atoms with E-state index in [0.717, 1.165) is 29.3 Å². The predicted molar refractivity (Wildman–Crippen MR) is 125 cm³/mol. The lowest BCUT2D eigenvalue weighted by molar-refractivity contribution is 0.285. The van der Waals surface area contributed by atoms with Crippen LogP contribution in [0, 0.1) is 0 Å². The molecule has 2 aromatic carbocycles. The highest BCUT2D eigenvalue weighted by Crippen LogP contribution is 2.35. The van der Waals surface area contributed by atoms with Crippen molar-refractivity contribution < 1.29 is 14.2 Å². The summed E-state index contributed by atoms with van der Waals surface area (Å²) in [5, 5.41) is 0.846. The minimum Gasteiger partial charge on any atom is -0.497 e. The van der Waals surface area contributed by atoms with Gasteiger partial charge >= 0.3 is 0 Å². The number of unbranched alkanes of at least 4 members (excludes halogenated alkanes) is 5. The number of pyridine rings is 1. The van der Waals surface area contributed by atoms with Crippen LogP contribution in [0.25, 0.3) is 10.9 Å². The first-order valence-corrected chi connectivity index (χ1v) is 11.1. The summed E-state index contributed by atoms with van der Waals surface area (Å²) in [4.78, 5) is 13.3. The van der Waals surface area contributed by atoms with E-state index in [0.29, 0.717) is 24.7 Å². The molecule has 3 rings (SSSR count). The number of aryl methyl sites for hydroxylation is 1. The normalized spacial score (nSPS) is 10.9. The van der Waals surface area contributed by atoms with Crippen LogP contribution < -0.4 is 19.8 Å². The Kier molecular flexibility index (Phi) is 8.39. The molecule has 0 unspecified atom stereocenters. The zero-order valence-corrected chi connectivity index (χ0v) is 18.9. The van der Waals surface area contributed by atoms with Gasteiger partial charge in [0.2, 0.25) is 5.75 Å². The third kappa shape index (κ3) is 5.60.